The number of hydrogen-bond acceptors (Lipinski definition) is 2. The molecule has 0 aliphatic carbocycles. The maximum absolute atomic E-state index is 6.87. The average molecular weight is 392 g/mol. The van der Waals surface area contributed by atoms with Crippen molar-refractivity contribution in [1.82, 2.24) is 0 Å². The summed E-state index contributed by atoms with van der Waals surface area (Å²) in [5.41, 5.74) is 4.50. The fourth-order valence-electron chi connectivity index (χ4n) is 4.19. The van der Waals surface area contributed by atoms with Gasteiger partial charge in [0.15, 0.2) is 0 Å². The third-order valence-corrected chi connectivity index (χ3v) is 5.65. The molecule has 148 valence electrons. The molecule has 2 nitrogen and oxygen atoms in total. The smallest absolute Gasteiger partial charge is 0.114 e. The van der Waals surface area contributed by atoms with Crippen LogP contribution >= 0.6 is 0 Å². The fraction of sp³-hybridized carbons (Fsp3) is 0.143. The van der Waals surface area contributed by atoms with Gasteiger partial charge in [0.2, 0.25) is 0 Å². The number of ether oxygens (including phenoxy) is 2. The Balaban J connectivity index is 1.61. The second-order valence-corrected chi connectivity index (χ2v) is 7.60. The van der Waals surface area contributed by atoms with Crippen LogP contribution in [0.2, 0.25) is 0 Å². The van der Waals surface area contributed by atoms with Gasteiger partial charge < -0.3 is 9.47 Å². The van der Waals surface area contributed by atoms with Gasteiger partial charge in [-0.05, 0) is 22.3 Å². The van der Waals surface area contributed by atoms with E-state index in [-0.39, 0.29) is 24.4 Å². The van der Waals surface area contributed by atoms with E-state index < -0.39 is 0 Å². The Morgan fingerprint density at radius 1 is 0.300 bits per heavy atom. The normalized spacial score (nSPS) is 23.7. The van der Waals surface area contributed by atoms with Gasteiger partial charge in [-0.3, -0.25) is 0 Å². The van der Waals surface area contributed by atoms with Gasteiger partial charge in [-0.1, -0.05) is 121 Å². The summed E-state index contributed by atoms with van der Waals surface area (Å²) in [6, 6.07) is 41.6. The highest BCUT2D eigenvalue weighted by Crippen LogP contribution is 2.51. The van der Waals surface area contributed by atoms with Crippen LogP contribution in [0.4, 0.5) is 0 Å². The Morgan fingerprint density at radius 3 is 0.700 bits per heavy atom. The molecule has 0 bridgehead atoms. The summed E-state index contributed by atoms with van der Waals surface area (Å²) in [5.74, 6) is 0. The van der Waals surface area contributed by atoms with Crippen LogP contribution in [-0.2, 0) is 9.47 Å². The van der Waals surface area contributed by atoms with Crippen LogP contribution in [0.25, 0.3) is 0 Å². The predicted octanol–water partition coefficient (Wildman–Crippen LogP) is 7.00. The van der Waals surface area contributed by atoms with Crippen LogP contribution in [0.5, 0.6) is 0 Å². The highest BCUT2D eigenvalue weighted by Gasteiger charge is 2.41. The van der Waals surface area contributed by atoms with E-state index in [1.54, 1.807) is 0 Å². The molecule has 0 amide bonds. The second kappa shape index (κ2) is 8.66. The van der Waals surface area contributed by atoms with Crippen LogP contribution in [-0.4, -0.2) is 0 Å². The van der Waals surface area contributed by atoms with Crippen LogP contribution in [0.15, 0.2) is 121 Å². The van der Waals surface area contributed by atoms with Crippen molar-refractivity contribution in [2.75, 3.05) is 0 Å². The summed E-state index contributed by atoms with van der Waals surface area (Å²) in [7, 11) is 0. The first-order chi connectivity index (χ1) is 14.9. The van der Waals surface area contributed by atoms with Crippen molar-refractivity contribution in [1.29, 1.82) is 0 Å². The zero-order valence-corrected chi connectivity index (χ0v) is 16.7. The molecule has 0 saturated carbocycles. The first-order valence-corrected chi connectivity index (χ1v) is 10.4. The van der Waals surface area contributed by atoms with E-state index in [1.165, 1.54) is 0 Å². The van der Waals surface area contributed by atoms with Crippen LogP contribution in [0.1, 0.15) is 46.7 Å². The van der Waals surface area contributed by atoms with E-state index in [2.05, 4.69) is 97.1 Å². The van der Waals surface area contributed by atoms with Crippen LogP contribution in [0, 0.1) is 0 Å². The number of hydrogen-bond donors (Lipinski definition) is 0. The Bertz CT molecular complexity index is 873. The lowest BCUT2D eigenvalue weighted by molar-refractivity contribution is -0.232. The van der Waals surface area contributed by atoms with Gasteiger partial charge in [-0.15, -0.1) is 0 Å². The molecule has 0 spiro atoms. The Labute approximate surface area is 177 Å². The van der Waals surface area contributed by atoms with Crippen molar-refractivity contribution < 1.29 is 9.47 Å². The lowest BCUT2D eigenvalue weighted by Gasteiger charge is -2.43. The first-order valence-electron chi connectivity index (χ1n) is 10.4. The van der Waals surface area contributed by atoms with Crippen molar-refractivity contribution in [3.8, 4) is 0 Å². The minimum atomic E-state index is -0.196. The molecule has 30 heavy (non-hydrogen) atoms. The molecular formula is C28H24O2. The van der Waals surface area contributed by atoms with Gasteiger partial charge in [-0.2, -0.15) is 0 Å². The molecule has 1 heterocycles. The van der Waals surface area contributed by atoms with Crippen molar-refractivity contribution >= 4 is 0 Å². The molecule has 4 aromatic carbocycles. The number of rotatable bonds is 4. The van der Waals surface area contributed by atoms with E-state index in [4.69, 9.17) is 9.47 Å². The van der Waals surface area contributed by atoms with Crippen LogP contribution in [0.3, 0.4) is 0 Å². The molecule has 1 aliphatic heterocycles. The summed E-state index contributed by atoms with van der Waals surface area (Å²) < 4.78 is 13.7. The summed E-state index contributed by atoms with van der Waals surface area (Å²) in [6.45, 7) is 0. The molecule has 0 aromatic heterocycles. The van der Waals surface area contributed by atoms with Crippen LogP contribution < -0.4 is 0 Å². The van der Waals surface area contributed by atoms with Gasteiger partial charge in [0, 0.05) is 0 Å². The Hall–Kier alpha value is -3.20. The zero-order chi connectivity index (χ0) is 20.2. The third kappa shape index (κ3) is 3.80. The Kier molecular flexibility index (Phi) is 5.43. The maximum atomic E-state index is 6.87. The van der Waals surface area contributed by atoms with Crippen molar-refractivity contribution in [3.63, 3.8) is 0 Å². The fourth-order valence-corrected chi connectivity index (χ4v) is 4.19. The molecule has 4 aromatic rings. The van der Waals surface area contributed by atoms with E-state index >= 15 is 0 Å². The highest BCUT2D eigenvalue weighted by molar-refractivity contribution is 5.30. The van der Waals surface area contributed by atoms with Crippen molar-refractivity contribution in [3.05, 3.63) is 144 Å². The monoisotopic (exact) mass is 392 g/mol. The van der Waals surface area contributed by atoms with E-state index in [1.807, 2.05) is 24.3 Å². The maximum Gasteiger partial charge on any atom is 0.114 e. The molecule has 4 unspecified atom stereocenters. The summed E-state index contributed by atoms with van der Waals surface area (Å²) in [4.78, 5) is 0. The number of benzene rings is 4. The van der Waals surface area contributed by atoms with Crippen molar-refractivity contribution in [2.24, 2.45) is 0 Å². The minimum absolute atomic E-state index is 0.196. The lowest BCUT2D eigenvalue weighted by Crippen LogP contribution is -2.32. The van der Waals surface area contributed by atoms with Crippen molar-refractivity contribution in [2.45, 2.75) is 24.4 Å². The molecule has 0 N–H and O–H groups in total. The van der Waals surface area contributed by atoms with Gasteiger partial charge >= 0.3 is 0 Å². The second-order valence-electron chi connectivity index (χ2n) is 7.60. The quantitative estimate of drug-likeness (QED) is 0.372. The molecule has 1 fully saturated rings. The average Bonchev–Trinajstić information content (AvgIpc) is 2.85. The minimum Gasteiger partial charge on any atom is -0.359 e. The summed E-state index contributed by atoms with van der Waals surface area (Å²) >= 11 is 0. The summed E-state index contributed by atoms with van der Waals surface area (Å²) in [5, 5.41) is 0. The molecule has 5 rings (SSSR count). The van der Waals surface area contributed by atoms with Gasteiger partial charge in [-0.25, -0.2) is 0 Å². The SMILES string of the molecule is c1ccc(C2OC(c3ccccc3)C(c3ccccc3)OC2c2ccccc2)cc1. The molecular weight excluding hydrogens is 368 g/mol. The molecule has 4 atom stereocenters. The zero-order valence-electron chi connectivity index (χ0n) is 16.7. The predicted molar refractivity (Wildman–Crippen MR) is 119 cm³/mol. The third-order valence-electron chi connectivity index (χ3n) is 5.65. The van der Waals surface area contributed by atoms with E-state index in [0.717, 1.165) is 22.3 Å². The molecule has 0 radical (unpaired) electrons. The molecule has 1 saturated heterocycles. The van der Waals surface area contributed by atoms with E-state index in [9.17, 15) is 0 Å². The van der Waals surface area contributed by atoms with Gasteiger partial charge in [0.05, 0.1) is 0 Å². The standard InChI is InChI=1S/C28H24O2/c1-5-13-21(14-6-1)25-26(22-15-7-2-8-16-22)30-28(24-19-11-4-12-20-24)27(29-25)23-17-9-3-10-18-23/h1-20,25-28H. The molecule has 1 aliphatic rings. The van der Waals surface area contributed by atoms with Gasteiger partial charge in [0.25, 0.3) is 0 Å². The topological polar surface area (TPSA) is 18.5 Å². The highest BCUT2D eigenvalue weighted by atomic mass is 16.6. The molecule has 2 heteroatoms. The largest absolute Gasteiger partial charge is 0.359 e. The summed E-state index contributed by atoms with van der Waals surface area (Å²) in [6.07, 6.45) is -0.782. The lowest BCUT2D eigenvalue weighted by atomic mass is 9.91. The van der Waals surface area contributed by atoms with Gasteiger partial charge in [0.1, 0.15) is 24.4 Å². The first kappa shape index (κ1) is 18.8. The van der Waals surface area contributed by atoms with E-state index in [0.29, 0.717) is 0 Å². The Morgan fingerprint density at radius 2 is 0.500 bits per heavy atom.